The molecule has 10 heteroatoms. The number of anilines is 1. The Morgan fingerprint density at radius 1 is 1.26 bits per heavy atom. The Bertz CT molecular complexity index is 1470. The van der Waals surface area contributed by atoms with Crippen molar-refractivity contribution in [2.24, 2.45) is 0 Å². The van der Waals surface area contributed by atoms with E-state index in [2.05, 4.69) is 15.4 Å². The maximum Gasteiger partial charge on any atom is 0.254 e. The SMILES string of the molecule is [2H]C([2H])([2H])c1ccc(-c2ccn3nc(N)nc3c2)c(F)c1C(=O)NC[C@H](F)[C@@](C)(O)c1ccc(F)cc1. The average molecular weight is 472 g/mol. The van der Waals surface area contributed by atoms with E-state index in [1.54, 1.807) is 0 Å². The van der Waals surface area contributed by atoms with Crippen LogP contribution in [0, 0.1) is 18.5 Å². The molecule has 0 aliphatic heterocycles. The number of nitrogen functional groups attached to an aromatic ring is 1. The summed E-state index contributed by atoms with van der Waals surface area (Å²) in [5.41, 5.74) is 2.62. The van der Waals surface area contributed by atoms with Crippen molar-refractivity contribution in [1.82, 2.24) is 19.9 Å². The summed E-state index contributed by atoms with van der Waals surface area (Å²) in [5.74, 6) is -2.91. The fraction of sp³-hybridized carbons (Fsp3) is 0.208. The van der Waals surface area contributed by atoms with Gasteiger partial charge in [-0.1, -0.05) is 24.3 Å². The molecule has 0 unspecified atom stereocenters. The van der Waals surface area contributed by atoms with Gasteiger partial charge in [0.1, 0.15) is 23.4 Å². The van der Waals surface area contributed by atoms with Gasteiger partial charge in [0.2, 0.25) is 5.95 Å². The number of nitrogens with one attached hydrogen (secondary N) is 1. The second-order valence-corrected chi connectivity index (χ2v) is 7.87. The number of aryl methyl sites for hydroxylation is 1. The molecule has 176 valence electrons. The molecule has 0 saturated heterocycles. The first-order valence-corrected chi connectivity index (χ1v) is 10.1. The first-order chi connectivity index (χ1) is 17.3. The highest BCUT2D eigenvalue weighted by molar-refractivity contribution is 5.97. The third-order valence-electron chi connectivity index (χ3n) is 5.51. The van der Waals surface area contributed by atoms with Crippen LogP contribution in [0.3, 0.4) is 0 Å². The van der Waals surface area contributed by atoms with Crippen LogP contribution in [0.15, 0.2) is 54.7 Å². The van der Waals surface area contributed by atoms with Gasteiger partial charge in [0.15, 0.2) is 5.65 Å². The number of carbonyl (C=O) groups is 1. The number of hydrogen-bond acceptors (Lipinski definition) is 5. The number of fused-ring (bicyclic) bond motifs is 1. The molecule has 0 fully saturated rings. The van der Waals surface area contributed by atoms with E-state index < -0.39 is 53.8 Å². The molecule has 2 aromatic carbocycles. The molecule has 4 aromatic rings. The predicted octanol–water partition coefficient (Wildman–Crippen LogP) is 3.54. The highest BCUT2D eigenvalue weighted by atomic mass is 19.1. The molecule has 1 amide bonds. The van der Waals surface area contributed by atoms with Crippen molar-refractivity contribution in [2.45, 2.75) is 25.5 Å². The van der Waals surface area contributed by atoms with Gasteiger partial charge in [0.05, 0.1) is 12.1 Å². The number of alkyl halides is 1. The van der Waals surface area contributed by atoms with E-state index in [0.29, 0.717) is 5.65 Å². The minimum atomic E-state index is -2.85. The van der Waals surface area contributed by atoms with Crippen LogP contribution in [0.4, 0.5) is 19.1 Å². The molecule has 0 bridgehead atoms. The van der Waals surface area contributed by atoms with E-state index in [1.165, 1.54) is 41.0 Å². The molecule has 2 aromatic heterocycles. The number of amides is 1. The third kappa shape index (κ3) is 4.32. The van der Waals surface area contributed by atoms with Crippen LogP contribution in [-0.4, -0.2) is 38.3 Å². The van der Waals surface area contributed by atoms with Crippen molar-refractivity contribution >= 4 is 17.5 Å². The minimum absolute atomic E-state index is 0.00673. The fourth-order valence-corrected chi connectivity index (χ4v) is 3.52. The number of rotatable bonds is 6. The first kappa shape index (κ1) is 19.5. The molecule has 0 saturated carbocycles. The molecule has 34 heavy (non-hydrogen) atoms. The lowest BCUT2D eigenvalue weighted by Crippen LogP contribution is -2.42. The Morgan fingerprint density at radius 2 is 2.00 bits per heavy atom. The van der Waals surface area contributed by atoms with E-state index in [4.69, 9.17) is 9.85 Å². The lowest BCUT2D eigenvalue weighted by Gasteiger charge is -2.28. The third-order valence-corrected chi connectivity index (χ3v) is 5.51. The lowest BCUT2D eigenvalue weighted by molar-refractivity contribution is -0.0229. The van der Waals surface area contributed by atoms with Crippen molar-refractivity contribution in [3.63, 3.8) is 0 Å². The number of hydrogen-bond donors (Lipinski definition) is 3. The van der Waals surface area contributed by atoms with Crippen LogP contribution in [-0.2, 0) is 5.60 Å². The van der Waals surface area contributed by atoms with Gasteiger partial charge >= 0.3 is 0 Å². The molecule has 2 heterocycles. The van der Waals surface area contributed by atoms with E-state index in [0.717, 1.165) is 25.1 Å². The monoisotopic (exact) mass is 472 g/mol. The topological polar surface area (TPSA) is 106 Å². The molecule has 0 aliphatic carbocycles. The summed E-state index contributed by atoms with van der Waals surface area (Å²) in [5, 5.41) is 16.7. The van der Waals surface area contributed by atoms with E-state index >= 15 is 4.39 Å². The Hall–Kier alpha value is -3.92. The van der Waals surface area contributed by atoms with Gasteiger partial charge in [-0.25, -0.2) is 17.7 Å². The zero-order valence-electron chi connectivity index (χ0n) is 20.9. The zero-order valence-corrected chi connectivity index (χ0v) is 17.9. The van der Waals surface area contributed by atoms with Crippen LogP contribution in [0.5, 0.6) is 0 Å². The Labute approximate surface area is 197 Å². The number of aromatic nitrogens is 3. The molecular formula is C24H22F3N5O2. The summed E-state index contributed by atoms with van der Waals surface area (Å²) in [6.45, 7) is -2.50. The van der Waals surface area contributed by atoms with Gasteiger partial charge in [-0.05, 0) is 54.7 Å². The van der Waals surface area contributed by atoms with Crippen LogP contribution in [0.25, 0.3) is 16.8 Å². The van der Waals surface area contributed by atoms with Gasteiger partial charge < -0.3 is 16.2 Å². The van der Waals surface area contributed by atoms with Crippen LogP contribution in [0.1, 0.15) is 32.5 Å². The summed E-state index contributed by atoms with van der Waals surface area (Å²) in [6.07, 6.45) is -0.624. The zero-order chi connectivity index (χ0) is 27.1. The summed E-state index contributed by atoms with van der Waals surface area (Å²) >= 11 is 0. The number of aliphatic hydroxyl groups is 1. The Morgan fingerprint density at radius 3 is 2.71 bits per heavy atom. The maximum absolute atomic E-state index is 15.7. The highest BCUT2D eigenvalue weighted by Crippen LogP contribution is 2.29. The Kier molecular flexibility index (Phi) is 5.05. The molecule has 4 N–H and O–H groups in total. The molecule has 7 nitrogen and oxygen atoms in total. The van der Waals surface area contributed by atoms with Gasteiger partial charge in [-0.15, -0.1) is 5.10 Å². The lowest BCUT2D eigenvalue weighted by atomic mass is 9.91. The number of carbonyl (C=O) groups excluding carboxylic acids is 1. The van der Waals surface area contributed by atoms with Crippen LogP contribution in [0.2, 0.25) is 0 Å². The fourth-order valence-electron chi connectivity index (χ4n) is 3.52. The largest absolute Gasteiger partial charge is 0.382 e. The number of halogens is 3. The van der Waals surface area contributed by atoms with Crippen LogP contribution >= 0.6 is 0 Å². The second-order valence-electron chi connectivity index (χ2n) is 7.87. The van der Waals surface area contributed by atoms with Crippen LogP contribution < -0.4 is 11.1 Å². The number of benzene rings is 2. The van der Waals surface area contributed by atoms with E-state index in [-0.39, 0.29) is 22.6 Å². The van der Waals surface area contributed by atoms with Crippen molar-refractivity contribution in [3.05, 3.63) is 83.1 Å². The summed E-state index contributed by atoms with van der Waals surface area (Å²) in [6, 6.07) is 9.73. The normalized spacial score (nSPS) is 15.7. The minimum Gasteiger partial charge on any atom is -0.382 e. The van der Waals surface area contributed by atoms with Gasteiger partial charge in [0, 0.05) is 15.9 Å². The summed E-state index contributed by atoms with van der Waals surface area (Å²) in [7, 11) is 0. The van der Waals surface area contributed by atoms with E-state index in [1.807, 2.05) is 0 Å². The number of pyridine rings is 1. The van der Waals surface area contributed by atoms with Gasteiger partial charge in [0.25, 0.3) is 5.91 Å². The number of nitrogens with zero attached hydrogens (tertiary/aromatic N) is 3. The van der Waals surface area contributed by atoms with Crippen molar-refractivity contribution in [2.75, 3.05) is 12.3 Å². The standard InChI is InChI=1S/C24H22F3N5O2/c1-13-3-8-17(14-9-10-32-19(11-14)30-23(28)31-32)21(27)20(13)22(33)29-12-18(26)24(2,34)15-4-6-16(25)7-5-15/h3-11,18,34H,12H2,1-2H3,(H2,28,31)(H,29,33)/t18-,24-/m0/s1/i1D3. The van der Waals surface area contributed by atoms with Crippen molar-refractivity contribution in [1.29, 1.82) is 0 Å². The maximum atomic E-state index is 15.7. The van der Waals surface area contributed by atoms with Crippen molar-refractivity contribution < 1.29 is 27.2 Å². The molecular weight excluding hydrogens is 447 g/mol. The second kappa shape index (κ2) is 8.79. The van der Waals surface area contributed by atoms with Gasteiger partial charge in [-0.3, -0.25) is 4.79 Å². The first-order valence-electron chi connectivity index (χ1n) is 11.6. The molecule has 0 spiro atoms. The summed E-state index contributed by atoms with van der Waals surface area (Å²) < 4.78 is 68.5. The molecule has 0 aliphatic rings. The van der Waals surface area contributed by atoms with Gasteiger partial charge in [-0.2, -0.15) is 4.98 Å². The van der Waals surface area contributed by atoms with E-state index in [9.17, 15) is 18.7 Å². The highest BCUT2D eigenvalue weighted by Gasteiger charge is 2.34. The summed E-state index contributed by atoms with van der Waals surface area (Å²) in [4.78, 5) is 17.0. The molecule has 2 atom stereocenters. The Balaban J connectivity index is 1.66. The molecule has 0 radical (unpaired) electrons. The van der Waals surface area contributed by atoms with Crippen molar-refractivity contribution in [3.8, 4) is 11.1 Å². The number of nitrogens with two attached hydrogens (primary N) is 1. The quantitative estimate of drug-likeness (QED) is 0.398. The average Bonchev–Trinajstić information content (AvgIpc) is 3.20. The predicted molar refractivity (Wildman–Crippen MR) is 121 cm³/mol. The molecule has 4 rings (SSSR count). The smallest absolute Gasteiger partial charge is 0.254 e.